The highest BCUT2D eigenvalue weighted by Gasteiger charge is 2.07. The summed E-state index contributed by atoms with van der Waals surface area (Å²) in [4.78, 5) is 11.8. The van der Waals surface area contributed by atoms with Gasteiger partial charge in [0.25, 0.3) is 0 Å². The zero-order valence-corrected chi connectivity index (χ0v) is 13.0. The molecule has 23 heavy (non-hydrogen) atoms. The minimum atomic E-state index is -0.442. The summed E-state index contributed by atoms with van der Waals surface area (Å²) in [6, 6.07) is 13.5. The fourth-order valence-electron chi connectivity index (χ4n) is 2.03. The van der Waals surface area contributed by atoms with E-state index in [0.717, 1.165) is 0 Å². The van der Waals surface area contributed by atoms with Crippen LogP contribution in [0.5, 0.6) is 11.5 Å². The molecule has 0 aliphatic heterocycles. The second kappa shape index (κ2) is 8.78. The first-order chi connectivity index (χ1) is 11.2. The third-order valence-corrected chi connectivity index (χ3v) is 3.10. The van der Waals surface area contributed by atoms with Crippen LogP contribution in [-0.4, -0.2) is 19.1 Å². The van der Waals surface area contributed by atoms with Crippen LogP contribution in [-0.2, 0) is 4.79 Å². The van der Waals surface area contributed by atoms with Gasteiger partial charge in [0.1, 0.15) is 5.82 Å². The molecule has 1 N–H and O–H groups in total. The van der Waals surface area contributed by atoms with Crippen LogP contribution in [0.2, 0.25) is 0 Å². The van der Waals surface area contributed by atoms with Gasteiger partial charge in [0.2, 0.25) is 5.91 Å². The van der Waals surface area contributed by atoms with E-state index in [1.807, 2.05) is 31.2 Å². The lowest BCUT2D eigenvalue weighted by Crippen LogP contribution is -2.13. The van der Waals surface area contributed by atoms with Gasteiger partial charge in [-0.1, -0.05) is 24.3 Å². The maximum absolute atomic E-state index is 13.4. The van der Waals surface area contributed by atoms with E-state index in [4.69, 9.17) is 9.47 Å². The Bertz CT molecular complexity index is 646. The lowest BCUT2D eigenvalue weighted by Gasteiger charge is -2.11. The number of para-hydroxylation sites is 3. The van der Waals surface area contributed by atoms with E-state index in [1.54, 1.807) is 12.1 Å². The summed E-state index contributed by atoms with van der Waals surface area (Å²) in [5.74, 6) is 0.661. The largest absolute Gasteiger partial charge is 0.490 e. The Hall–Kier alpha value is -2.56. The Morgan fingerprint density at radius 3 is 2.39 bits per heavy atom. The first-order valence-electron chi connectivity index (χ1n) is 7.59. The predicted molar refractivity (Wildman–Crippen MR) is 87.4 cm³/mol. The van der Waals surface area contributed by atoms with Crippen molar-refractivity contribution in [2.75, 3.05) is 18.5 Å². The van der Waals surface area contributed by atoms with E-state index in [9.17, 15) is 9.18 Å². The van der Waals surface area contributed by atoms with Crippen LogP contribution in [0.25, 0.3) is 0 Å². The second-order valence-corrected chi connectivity index (χ2v) is 4.86. The van der Waals surface area contributed by atoms with Gasteiger partial charge in [0, 0.05) is 6.42 Å². The smallest absolute Gasteiger partial charge is 0.224 e. The number of benzene rings is 2. The fraction of sp³-hybridized carbons (Fsp3) is 0.278. The number of halogens is 1. The molecule has 2 rings (SSSR count). The third-order valence-electron chi connectivity index (χ3n) is 3.10. The predicted octanol–water partition coefficient (Wildman–Crippen LogP) is 4.02. The van der Waals surface area contributed by atoms with Crippen molar-refractivity contribution in [2.45, 2.75) is 19.8 Å². The van der Waals surface area contributed by atoms with Gasteiger partial charge >= 0.3 is 0 Å². The normalized spacial score (nSPS) is 10.2. The maximum atomic E-state index is 13.4. The molecular weight excluding hydrogens is 297 g/mol. The van der Waals surface area contributed by atoms with E-state index in [1.165, 1.54) is 12.1 Å². The standard InChI is InChI=1S/C18H20FNO3/c1-2-22-16-10-5-6-11-17(16)23-13-7-12-18(21)20-15-9-4-3-8-14(15)19/h3-6,8-11H,2,7,12-13H2,1H3,(H,20,21). The van der Waals surface area contributed by atoms with Crippen molar-refractivity contribution in [1.29, 1.82) is 0 Å². The fourth-order valence-corrected chi connectivity index (χ4v) is 2.03. The first-order valence-corrected chi connectivity index (χ1v) is 7.59. The Kier molecular flexibility index (Phi) is 6.41. The molecule has 0 saturated heterocycles. The SMILES string of the molecule is CCOc1ccccc1OCCCC(=O)Nc1ccccc1F. The van der Waals surface area contributed by atoms with Crippen molar-refractivity contribution in [2.24, 2.45) is 0 Å². The van der Waals surface area contributed by atoms with Crippen molar-refractivity contribution < 1.29 is 18.7 Å². The molecule has 0 unspecified atom stereocenters. The molecular formula is C18H20FNO3. The lowest BCUT2D eigenvalue weighted by molar-refractivity contribution is -0.116. The zero-order valence-electron chi connectivity index (χ0n) is 13.0. The highest BCUT2D eigenvalue weighted by molar-refractivity contribution is 5.90. The number of hydrogen-bond donors (Lipinski definition) is 1. The highest BCUT2D eigenvalue weighted by Crippen LogP contribution is 2.26. The second-order valence-electron chi connectivity index (χ2n) is 4.86. The maximum Gasteiger partial charge on any atom is 0.224 e. The Morgan fingerprint density at radius 2 is 1.70 bits per heavy atom. The molecule has 0 saturated carbocycles. The van der Waals surface area contributed by atoms with Gasteiger partial charge in [-0.05, 0) is 37.6 Å². The molecule has 5 heteroatoms. The Labute approximate surface area is 135 Å². The summed E-state index contributed by atoms with van der Waals surface area (Å²) in [5.41, 5.74) is 0.195. The van der Waals surface area contributed by atoms with Gasteiger partial charge in [0.15, 0.2) is 11.5 Å². The molecule has 2 aromatic carbocycles. The van der Waals surface area contributed by atoms with E-state index in [0.29, 0.717) is 31.1 Å². The molecule has 4 nitrogen and oxygen atoms in total. The molecule has 1 amide bonds. The summed E-state index contributed by atoms with van der Waals surface area (Å²) in [5, 5.41) is 2.55. The topological polar surface area (TPSA) is 47.6 Å². The molecule has 0 heterocycles. The molecule has 0 spiro atoms. The van der Waals surface area contributed by atoms with Crippen LogP contribution in [0.1, 0.15) is 19.8 Å². The average Bonchev–Trinajstić information content (AvgIpc) is 2.55. The molecule has 0 bridgehead atoms. The molecule has 0 aliphatic rings. The number of carbonyl (C=O) groups excluding carboxylic acids is 1. The molecule has 0 aromatic heterocycles. The lowest BCUT2D eigenvalue weighted by atomic mass is 10.2. The summed E-state index contributed by atoms with van der Waals surface area (Å²) in [6.07, 6.45) is 0.784. The van der Waals surface area contributed by atoms with Crippen LogP contribution >= 0.6 is 0 Å². The van der Waals surface area contributed by atoms with E-state index in [2.05, 4.69) is 5.32 Å². The molecule has 0 radical (unpaired) electrons. The quantitative estimate of drug-likeness (QED) is 0.748. The first kappa shape index (κ1) is 16.8. The van der Waals surface area contributed by atoms with Crippen LogP contribution < -0.4 is 14.8 Å². The van der Waals surface area contributed by atoms with Crippen LogP contribution in [0.4, 0.5) is 10.1 Å². The molecule has 0 aliphatic carbocycles. The van der Waals surface area contributed by atoms with Gasteiger partial charge < -0.3 is 14.8 Å². The molecule has 0 atom stereocenters. The van der Waals surface area contributed by atoms with Crippen molar-refractivity contribution in [3.8, 4) is 11.5 Å². The van der Waals surface area contributed by atoms with Crippen molar-refractivity contribution >= 4 is 11.6 Å². The summed E-state index contributed by atoms with van der Waals surface area (Å²) >= 11 is 0. The van der Waals surface area contributed by atoms with Gasteiger partial charge in [-0.2, -0.15) is 0 Å². The van der Waals surface area contributed by atoms with Gasteiger partial charge in [-0.15, -0.1) is 0 Å². The molecule has 2 aromatic rings. The summed E-state index contributed by atoms with van der Waals surface area (Å²) in [6.45, 7) is 2.85. The minimum absolute atomic E-state index is 0.195. The monoisotopic (exact) mass is 317 g/mol. The van der Waals surface area contributed by atoms with Crippen molar-refractivity contribution in [3.05, 3.63) is 54.3 Å². The number of amides is 1. The third kappa shape index (κ3) is 5.29. The Balaban J connectivity index is 1.75. The number of ether oxygens (including phenoxy) is 2. The van der Waals surface area contributed by atoms with Gasteiger partial charge in [0.05, 0.1) is 18.9 Å². The van der Waals surface area contributed by atoms with E-state index >= 15 is 0 Å². The van der Waals surface area contributed by atoms with E-state index < -0.39 is 5.82 Å². The van der Waals surface area contributed by atoms with Crippen LogP contribution in [0.15, 0.2) is 48.5 Å². The minimum Gasteiger partial charge on any atom is -0.490 e. The summed E-state index contributed by atoms with van der Waals surface area (Å²) in [7, 11) is 0. The van der Waals surface area contributed by atoms with Crippen molar-refractivity contribution in [1.82, 2.24) is 0 Å². The zero-order chi connectivity index (χ0) is 16.5. The highest BCUT2D eigenvalue weighted by atomic mass is 19.1. The number of hydrogen-bond acceptors (Lipinski definition) is 3. The van der Waals surface area contributed by atoms with Gasteiger partial charge in [-0.3, -0.25) is 4.79 Å². The van der Waals surface area contributed by atoms with Crippen LogP contribution in [0, 0.1) is 5.82 Å². The number of carbonyl (C=O) groups is 1. The average molecular weight is 317 g/mol. The number of rotatable bonds is 8. The number of nitrogens with one attached hydrogen (secondary N) is 1. The Morgan fingerprint density at radius 1 is 1.04 bits per heavy atom. The molecule has 0 fully saturated rings. The molecule has 122 valence electrons. The van der Waals surface area contributed by atoms with Crippen LogP contribution in [0.3, 0.4) is 0 Å². The number of anilines is 1. The van der Waals surface area contributed by atoms with E-state index in [-0.39, 0.29) is 18.0 Å². The van der Waals surface area contributed by atoms with Crippen molar-refractivity contribution in [3.63, 3.8) is 0 Å². The summed E-state index contributed by atoms with van der Waals surface area (Å²) < 4.78 is 24.5. The van der Waals surface area contributed by atoms with Gasteiger partial charge in [-0.25, -0.2) is 4.39 Å².